The third kappa shape index (κ3) is 4.24. The van der Waals surface area contributed by atoms with Crippen LogP contribution in [0.3, 0.4) is 0 Å². The number of nitrogens with zero attached hydrogens (tertiary/aromatic N) is 2. The monoisotopic (exact) mass is 374 g/mol. The topological polar surface area (TPSA) is 59.9 Å². The molecule has 1 aromatic carbocycles. The van der Waals surface area contributed by atoms with E-state index in [0.717, 1.165) is 28.1 Å². The van der Waals surface area contributed by atoms with Crippen LogP contribution in [0, 0.1) is 6.92 Å². The molecule has 3 aromatic rings. The third-order valence-electron chi connectivity index (χ3n) is 3.63. The molecule has 0 bridgehead atoms. The van der Waals surface area contributed by atoms with Crippen molar-refractivity contribution in [2.45, 2.75) is 19.2 Å². The van der Waals surface area contributed by atoms with Crippen LogP contribution in [-0.4, -0.2) is 24.6 Å². The number of halogens is 1. The quantitative estimate of drug-likeness (QED) is 0.659. The van der Waals surface area contributed by atoms with Gasteiger partial charge in [-0.3, -0.25) is 9.97 Å². The van der Waals surface area contributed by atoms with Gasteiger partial charge in [0, 0.05) is 35.5 Å². The number of aryl methyl sites for hydroxylation is 1. The maximum Gasteiger partial charge on any atom is 0.175 e. The Balaban J connectivity index is 0.00000225. The molecule has 0 saturated heterocycles. The molecule has 3 rings (SSSR count). The molecule has 0 amide bonds. The van der Waals surface area contributed by atoms with Crippen LogP contribution in [0.4, 0.5) is 0 Å². The van der Waals surface area contributed by atoms with Crippen molar-refractivity contribution in [3.8, 4) is 22.4 Å². The van der Waals surface area contributed by atoms with Crippen molar-refractivity contribution in [1.29, 1.82) is 0 Å². The van der Waals surface area contributed by atoms with Gasteiger partial charge in [0.25, 0.3) is 0 Å². The second-order valence-electron chi connectivity index (χ2n) is 5.53. The smallest absolute Gasteiger partial charge is 0.175 e. The fraction of sp³-hybridized carbons (Fsp3) is 0.158. The summed E-state index contributed by atoms with van der Waals surface area (Å²) in [6.07, 6.45) is 4.54. The summed E-state index contributed by atoms with van der Waals surface area (Å²) in [5, 5.41) is 0.515. The van der Waals surface area contributed by atoms with Crippen molar-refractivity contribution in [3.05, 3.63) is 65.6 Å². The molecule has 130 valence electrons. The average Bonchev–Trinajstić information content (AvgIpc) is 2.55. The first-order chi connectivity index (χ1) is 11.3. The molecule has 2 aromatic heterocycles. The van der Waals surface area contributed by atoms with Crippen molar-refractivity contribution in [2.75, 3.05) is 6.26 Å². The summed E-state index contributed by atoms with van der Waals surface area (Å²) in [4.78, 5) is 9.02. The van der Waals surface area contributed by atoms with Crippen LogP contribution in [0.2, 0.25) is 5.02 Å². The minimum Gasteiger partial charge on any atom is -0.261 e. The molecular weight excluding hydrogens is 356 g/mol. The number of rotatable bonds is 3. The fourth-order valence-corrected chi connectivity index (χ4v) is 3.17. The van der Waals surface area contributed by atoms with Gasteiger partial charge in [-0.2, -0.15) is 0 Å². The Bertz CT molecular complexity index is 983. The molecule has 0 atom stereocenters. The van der Waals surface area contributed by atoms with E-state index in [1.165, 1.54) is 6.26 Å². The van der Waals surface area contributed by atoms with E-state index in [2.05, 4.69) is 9.97 Å². The summed E-state index contributed by atoms with van der Waals surface area (Å²) in [7, 11) is -3.23. The van der Waals surface area contributed by atoms with Crippen LogP contribution < -0.4 is 0 Å². The Morgan fingerprint density at radius 1 is 0.920 bits per heavy atom. The first kappa shape index (κ1) is 19.1. The number of sulfone groups is 1. The van der Waals surface area contributed by atoms with E-state index >= 15 is 0 Å². The predicted octanol–water partition coefficient (Wildman–Crippen LogP) is 4.81. The van der Waals surface area contributed by atoms with Crippen LogP contribution in [0.5, 0.6) is 0 Å². The van der Waals surface area contributed by atoms with E-state index in [1.807, 2.05) is 25.1 Å². The summed E-state index contributed by atoms with van der Waals surface area (Å²) in [5.74, 6) is 0. The average molecular weight is 375 g/mol. The van der Waals surface area contributed by atoms with Gasteiger partial charge in [-0.25, -0.2) is 8.42 Å². The highest BCUT2D eigenvalue weighted by molar-refractivity contribution is 7.90. The third-order valence-corrected chi connectivity index (χ3v) is 4.97. The Morgan fingerprint density at radius 2 is 1.56 bits per heavy atom. The van der Waals surface area contributed by atoms with Gasteiger partial charge in [0.05, 0.1) is 15.6 Å². The maximum absolute atomic E-state index is 11.6. The van der Waals surface area contributed by atoms with E-state index in [4.69, 9.17) is 11.6 Å². The summed E-state index contributed by atoms with van der Waals surface area (Å²) < 4.78 is 23.2. The molecule has 0 aliphatic rings. The number of hydrogen-bond acceptors (Lipinski definition) is 4. The van der Waals surface area contributed by atoms with E-state index in [9.17, 15) is 8.42 Å². The molecular formula is C19H19ClN2O2S. The zero-order valence-corrected chi connectivity index (χ0v) is 14.8. The first-order valence-corrected chi connectivity index (χ1v) is 9.50. The van der Waals surface area contributed by atoms with Crippen LogP contribution in [0.25, 0.3) is 22.4 Å². The van der Waals surface area contributed by atoms with Crippen LogP contribution in [-0.2, 0) is 9.84 Å². The van der Waals surface area contributed by atoms with Crippen molar-refractivity contribution >= 4 is 21.4 Å². The van der Waals surface area contributed by atoms with Gasteiger partial charge < -0.3 is 0 Å². The maximum atomic E-state index is 11.6. The second kappa shape index (κ2) is 7.33. The lowest BCUT2D eigenvalue weighted by Gasteiger charge is -2.10. The molecule has 0 aliphatic heterocycles. The van der Waals surface area contributed by atoms with E-state index < -0.39 is 9.84 Å². The summed E-state index contributed by atoms with van der Waals surface area (Å²) >= 11 is 6.11. The highest BCUT2D eigenvalue weighted by Crippen LogP contribution is 2.32. The zero-order chi connectivity index (χ0) is 17.3. The molecule has 0 fully saturated rings. The molecule has 0 N–H and O–H groups in total. The van der Waals surface area contributed by atoms with Gasteiger partial charge in [0.1, 0.15) is 0 Å². The van der Waals surface area contributed by atoms with E-state index in [1.54, 1.807) is 36.7 Å². The lowest BCUT2D eigenvalue weighted by Crippen LogP contribution is -1.97. The SMILES string of the molecule is C.Cc1ccc(-c2ncc(Cl)cc2-c2ccc(S(C)(=O)=O)cc2)cn1. The number of benzene rings is 1. The largest absolute Gasteiger partial charge is 0.261 e. The van der Waals surface area contributed by atoms with Crippen LogP contribution in [0.15, 0.2) is 59.8 Å². The van der Waals surface area contributed by atoms with E-state index in [-0.39, 0.29) is 12.3 Å². The van der Waals surface area contributed by atoms with Gasteiger partial charge in [0.2, 0.25) is 0 Å². The zero-order valence-electron chi connectivity index (χ0n) is 13.2. The molecule has 2 heterocycles. The first-order valence-electron chi connectivity index (χ1n) is 7.24. The van der Waals surface area contributed by atoms with Crippen LogP contribution >= 0.6 is 11.6 Å². The van der Waals surface area contributed by atoms with Gasteiger partial charge in [-0.05, 0) is 42.8 Å². The van der Waals surface area contributed by atoms with Crippen LogP contribution in [0.1, 0.15) is 13.1 Å². The molecule has 6 heteroatoms. The minimum absolute atomic E-state index is 0. The Labute approximate surface area is 153 Å². The van der Waals surface area contributed by atoms with Gasteiger partial charge in [0.15, 0.2) is 9.84 Å². The fourth-order valence-electron chi connectivity index (χ4n) is 2.38. The van der Waals surface area contributed by atoms with Gasteiger partial charge in [-0.15, -0.1) is 0 Å². The Kier molecular flexibility index (Phi) is 5.60. The van der Waals surface area contributed by atoms with Crippen molar-refractivity contribution in [3.63, 3.8) is 0 Å². The molecule has 4 nitrogen and oxygen atoms in total. The molecule has 25 heavy (non-hydrogen) atoms. The van der Waals surface area contributed by atoms with Crippen molar-refractivity contribution in [2.24, 2.45) is 0 Å². The number of pyridine rings is 2. The highest BCUT2D eigenvalue weighted by atomic mass is 35.5. The standard InChI is InChI=1S/C18H15ClN2O2S.CH4/c1-12-3-4-14(10-20-12)18-17(9-15(19)11-21-18)13-5-7-16(8-6-13)24(2,22)23;/h3-11H,1-2H3;1H4. The lowest BCUT2D eigenvalue weighted by molar-refractivity contribution is 0.602. The normalized spacial score (nSPS) is 11.0. The Hall–Kier alpha value is -2.24. The molecule has 0 spiro atoms. The lowest BCUT2D eigenvalue weighted by atomic mass is 10.0. The molecule has 0 aliphatic carbocycles. The molecule has 0 unspecified atom stereocenters. The number of hydrogen-bond donors (Lipinski definition) is 0. The summed E-state index contributed by atoms with van der Waals surface area (Å²) in [6, 6.07) is 12.4. The summed E-state index contributed by atoms with van der Waals surface area (Å²) in [5.41, 5.74) is 4.21. The highest BCUT2D eigenvalue weighted by Gasteiger charge is 2.12. The minimum atomic E-state index is -3.23. The van der Waals surface area contributed by atoms with Crippen molar-refractivity contribution < 1.29 is 8.42 Å². The molecule has 0 saturated carbocycles. The van der Waals surface area contributed by atoms with E-state index in [0.29, 0.717) is 5.02 Å². The predicted molar refractivity (Wildman–Crippen MR) is 102 cm³/mol. The number of aromatic nitrogens is 2. The summed E-state index contributed by atoms with van der Waals surface area (Å²) in [6.45, 7) is 1.92. The van der Waals surface area contributed by atoms with Gasteiger partial charge >= 0.3 is 0 Å². The molecule has 0 radical (unpaired) electrons. The second-order valence-corrected chi connectivity index (χ2v) is 7.99. The van der Waals surface area contributed by atoms with Gasteiger partial charge in [-0.1, -0.05) is 31.2 Å². The Morgan fingerprint density at radius 3 is 2.12 bits per heavy atom. The van der Waals surface area contributed by atoms with Crippen molar-refractivity contribution in [1.82, 2.24) is 9.97 Å².